The lowest BCUT2D eigenvalue weighted by molar-refractivity contribution is -0.271. The summed E-state index contributed by atoms with van der Waals surface area (Å²) in [4.78, 5) is 29.6. The van der Waals surface area contributed by atoms with Crippen molar-refractivity contribution in [3.05, 3.63) is 48.0 Å². The Morgan fingerprint density at radius 1 is 1.20 bits per heavy atom. The third-order valence-corrected chi connectivity index (χ3v) is 4.96. The molecule has 1 aromatic carbocycles. The van der Waals surface area contributed by atoms with Crippen LogP contribution >= 0.6 is 0 Å². The van der Waals surface area contributed by atoms with E-state index in [0.717, 1.165) is 34.9 Å². The molecule has 0 saturated carbocycles. The molecule has 1 atom stereocenters. The van der Waals surface area contributed by atoms with E-state index in [0.29, 0.717) is 6.54 Å². The second kappa shape index (κ2) is 8.34. The molecule has 8 nitrogen and oxygen atoms in total. The predicted octanol–water partition coefficient (Wildman–Crippen LogP) is 1.16. The summed E-state index contributed by atoms with van der Waals surface area (Å²) < 4.78 is 41.4. The SMILES string of the molecule is Cn1ccnc1C(O)(CC(=O)NNC(=O)CN1CCCc2ccccc21)C(F)(F)F. The maximum absolute atomic E-state index is 13.5. The summed E-state index contributed by atoms with van der Waals surface area (Å²) in [6.07, 6.45) is -2.43. The number of amides is 2. The summed E-state index contributed by atoms with van der Waals surface area (Å²) in [5, 5.41) is 10.2. The lowest BCUT2D eigenvalue weighted by atomic mass is 9.97. The first-order valence-corrected chi connectivity index (χ1v) is 9.29. The average Bonchev–Trinajstić information content (AvgIpc) is 3.12. The summed E-state index contributed by atoms with van der Waals surface area (Å²) in [5.74, 6) is -2.51. The highest BCUT2D eigenvalue weighted by atomic mass is 19.4. The zero-order chi connectivity index (χ0) is 21.9. The summed E-state index contributed by atoms with van der Waals surface area (Å²) in [5.41, 5.74) is 2.57. The van der Waals surface area contributed by atoms with E-state index >= 15 is 0 Å². The lowest BCUT2D eigenvalue weighted by Crippen LogP contribution is -2.52. The minimum Gasteiger partial charge on any atom is -0.374 e. The molecule has 162 valence electrons. The van der Waals surface area contributed by atoms with Crippen LogP contribution in [0.2, 0.25) is 0 Å². The fourth-order valence-corrected chi connectivity index (χ4v) is 3.47. The molecule has 3 N–H and O–H groups in total. The highest BCUT2D eigenvalue weighted by Crippen LogP contribution is 2.40. The number of aliphatic hydroxyl groups is 1. The number of carbonyl (C=O) groups excluding carboxylic acids is 2. The number of para-hydroxylation sites is 1. The number of carbonyl (C=O) groups is 2. The van der Waals surface area contributed by atoms with Gasteiger partial charge in [0.25, 0.3) is 5.91 Å². The molecule has 2 heterocycles. The van der Waals surface area contributed by atoms with Crippen LogP contribution in [0.3, 0.4) is 0 Å². The van der Waals surface area contributed by atoms with Gasteiger partial charge in [0, 0.05) is 31.7 Å². The van der Waals surface area contributed by atoms with Crippen molar-refractivity contribution in [2.75, 3.05) is 18.0 Å². The molecule has 2 amide bonds. The molecule has 0 aliphatic carbocycles. The van der Waals surface area contributed by atoms with Gasteiger partial charge < -0.3 is 14.6 Å². The zero-order valence-corrected chi connectivity index (χ0v) is 16.2. The van der Waals surface area contributed by atoms with Gasteiger partial charge in [-0.2, -0.15) is 13.2 Å². The predicted molar refractivity (Wildman–Crippen MR) is 101 cm³/mol. The minimum absolute atomic E-state index is 0.0692. The van der Waals surface area contributed by atoms with E-state index in [9.17, 15) is 27.9 Å². The number of hydrogen-bond acceptors (Lipinski definition) is 5. The third kappa shape index (κ3) is 4.40. The zero-order valence-electron chi connectivity index (χ0n) is 16.2. The molecule has 11 heteroatoms. The molecule has 1 unspecified atom stereocenters. The first kappa shape index (κ1) is 21.6. The Balaban J connectivity index is 1.60. The van der Waals surface area contributed by atoms with Crippen molar-refractivity contribution in [3.63, 3.8) is 0 Å². The number of rotatable bonds is 5. The molecule has 2 aromatic rings. The van der Waals surface area contributed by atoms with Crippen LogP contribution in [-0.4, -0.2) is 45.7 Å². The lowest BCUT2D eigenvalue weighted by Gasteiger charge is -2.31. The van der Waals surface area contributed by atoms with Gasteiger partial charge >= 0.3 is 6.18 Å². The summed E-state index contributed by atoms with van der Waals surface area (Å²) in [7, 11) is 1.27. The smallest absolute Gasteiger partial charge is 0.374 e. The van der Waals surface area contributed by atoms with Gasteiger partial charge in [0.1, 0.15) is 0 Å². The van der Waals surface area contributed by atoms with E-state index < -0.39 is 35.8 Å². The van der Waals surface area contributed by atoms with Crippen molar-refractivity contribution in [1.29, 1.82) is 0 Å². The Morgan fingerprint density at radius 3 is 2.57 bits per heavy atom. The first-order chi connectivity index (χ1) is 14.1. The molecule has 1 aliphatic rings. The van der Waals surface area contributed by atoms with E-state index in [1.165, 1.54) is 13.2 Å². The number of nitrogens with zero attached hydrogens (tertiary/aromatic N) is 3. The van der Waals surface area contributed by atoms with Gasteiger partial charge in [-0.1, -0.05) is 18.2 Å². The molecule has 0 spiro atoms. The average molecular weight is 425 g/mol. The quantitative estimate of drug-likeness (QED) is 0.625. The molecule has 0 saturated heterocycles. The van der Waals surface area contributed by atoms with Gasteiger partial charge in [0.15, 0.2) is 5.82 Å². The maximum Gasteiger partial charge on any atom is 0.425 e. The Bertz CT molecular complexity index is 930. The van der Waals surface area contributed by atoms with Crippen molar-refractivity contribution in [3.8, 4) is 0 Å². The van der Waals surface area contributed by atoms with Crippen LogP contribution in [0.25, 0.3) is 0 Å². The highest BCUT2D eigenvalue weighted by Gasteiger charge is 2.58. The van der Waals surface area contributed by atoms with Crippen molar-refractivity contribution in [1.82, 2.24) is 20.4 Å². The van der Waals surface area contributed by atoms with Crippen molar-refractivity contribution >= 4 is 17.5 Å². The number of imidazole rings is 1. The van der Waals surface area contributed by atoms with Crippen LogP contribution in [0, 0.1) is 0 Å². The highest BCUT2D eigenvalue weighted by molar-refractivity contribution is 5.85. The van der Waals surface area contributed by atoms with Crippen molar-refractivity contribution in [2.45, 2.75) is 31.0 Å². The van der Waals surface area contributed by atoms with Gasteiger partial charge in [-0.3, -0.25) is 20.4 Å². The van der Waals surface area contributed by atoms with E-state index in [2.05, 4.69) is 10.4 Å². The Morgan fingerprint density at radius 2 is 1.90 bits per heavy atom. The Labute approximate surface area is 170 Å². The fourth-order valence-electron chi connectivity index (χ4n) is 3.47. The van der Waals surface area contributed by atoms with Crippen LogP contribution < -0.4 is 15.8 Å². The van der Waals surface area contributed by atoms with Crippen LogP contribution in [0.15, 0.2) is 36.7 Å². The number of aromatic nitrogens is 2. The van der Waals surface area contributed by atoms with E-state index in [1.54, 1.807) is 0 Å². The maximum atomic E-state index is 13.5. The standard InChI is InChI=1S/C19H22F3N5O3/c1-26-10-8-23-17(26)18(30,19(20,21)22)11-15(28)24-25-16(29)12-27-9-4-6-13-5-2-3-7-14(13)27/h2-3,5,7-8,10,30H,4,6,9,11-12H2,1H3,(H,24,28)(H,25,29). The number of hydrogen-bond donors (Lipinski definition) is 3. The van der Waals surface area contributed by atoms with Gasteiger partial charge in [-0.15, -0.1) is 0 Å². The molecular weight excluding hydrogens is 403 g/mol. The molecule has 0 radical (unpaired) electrons. The van der Waals surface area contributed by atoms with Crippen molar-refractivity contribution in [2.24, 2.45) is 7.05 Å². The second-order valence-electron chi connectivity index (χ2n) is 7.15. The fraction of sp³-hybridized carbons (Fsp3) is 0.421. The molecule has 1 aromatic heterocycles. The van der Waals surface area contributed by atoms with Crippen LogP contribution in [0.5, 0.6) is 0 Å². The molecular formula is C19H22F3N5O3. The number of anilines is 1. The number of alkyl halides is 3. The van der Waals surface area contributed by atoms with Gasteiger partial charge in [-0.05, 0) is 24.5 Å². The Kier molecular flexibility index (Phi) is 6.01. The van der Waals surface area contributed by atoms with E-state index in [1.807, 2.05) is 34.6 Å². The normalized spacial score (nSPS) is 15.8. The minimum atomic E-state index is -5.15. The van der Waals surface area contributed by atoms with E-state index in [4.69, 9.17) is 0 Å². The van der Waals surface area contributed by atoms with Gasteiger partial charge in [0.2, 0.25) is 11.5 Å². The number of hydrazine groups is 1. The Hall–Kier alpha value is -3.08. The number of halogens is 3. The van der Waals surface area contributed by atoms with Crippen LogP contribution in [0.4, 0.5) is 18.9 Å². The topological polar surface area (TPSA) is 99.5 Å². The molecule has 30 heavy (non-hydrogen) atoms. The molecule has 1 aliphatic heterocycles. The third-order valence-electron chi connectivity index (χ3n) is 4.96. The monoisotopic (exact) mass is 425 g/mol. The molecule has 0 bridgehead atoms. The number of benzene rings is 1. The summed E-state index contributed by atoms with van der Waals surface area (Å²) >= 11 is 0. The first-order valence-electron chi connectivity index (χ1n) is 9.29. The van der Waals surface area contributed by atoms with Gasteiger partial charge in [0.05, 0.1) is 13.0 Å². The summed E-state index contributed by atoms with van der Waals surface area (Å²) in [6, 6.07) is 7.62. The van der Waals surface area contributed by atoms with Crippen molar-refractivity contribution < 1.29 is 27.9 Å². The number of fused-ring (bicyclic) bond motifs is 1. The molecule has 3 rings (SSSR count). The largest absolute Gasteiger partial charge is 0.425 e. The molecule has 0 fully saturated rings. The number of nitrogens with one attached hydrogen (secondary N) is 2. The van der Waals surface area contributed by atoms with Crippen LogP contribution in [0.1, 0.15) is 24.2 Å². The second-order valence-corrected chi connectivity index (χ2v) is 7.15. The van der Waals surface area contributed by atoms with Crippen LogP contribution in [-0.2, 0) is 28.7 Å². The van der Waals surface area contributed by atoms with Gasteiger partial charge in [-0.25, -0.2) is 4.98 Å². The van der Waals surface area contributed by atoms with E-state index in [-0.39, 0.29) is 6.54 Å². The number of aryl methyl sites for hydroxylation is 2. The summed E-state index contributed by atoms with van der Waals surface area (Å²) in [6.45, 7) is 0.575.